The molecule has 0 bridgehead atoms. The van der Waals surface area contributed by atoms with Crippen molar-refractivity contribution in [2.24, 2.45) is 0 Å². The van der Waals surface area contributed by atoms with Crippen molar-refractivity contribution in [3.05, 3.63) is 0 Å². The van der Waals surface area contributed by atoms with Crippen molar-refractivity contribution in [3.63, 3.8) is 0 Å². The van der Waals surface area contributed by atoms with E-state index in [4.69, 9.17) is 4.74 Å². The summed E-state index contributed by atoms with van der Waals surface area (Å²) in [6.07, 6.45) is 8.37. The maximum absolute atomic E-state index is 5.74. The Morgan fingerprint density at radius 2 is 1.89 bits per heavy atom. The number of nitrogens with zero attached hydrogens (tertiary/aromatic N) is 1. The van der Waals surface area contributed by atoms with Gasteiger partial charge in [-0.25, -0.2) is 0 Å². The van der Waals surface area contributed by atoms with Gasteiger partial charge in [-0.2, -0.15) is 0 Å². The summed E-state index contributed by atoms with van der Waals surface area (Å²) in [6, 6.07) is 1.59. The second kappa shape index (κ2) is 7.46. The fourth-order valence-electron chi connectivity index (χ4n) is 2.98. The topological polar surface area (TPSA) is 24.5 Å². The summed E-state index contributed by atoms with van der Waals surface area (Å²) in [7, 11) is 0. The van der Waals surface area contributed by atoms with Crippen molar-refractivity contribution in [2.75, 3.05) is 26.2 Å². The van der Waals surface area contributed by atoms with E-state index in [9.17, 15) is 0 Å². The molecule has 0 aromatic carbocycles. The van der Waals surface area contributed by atoms with Crippen molar-refractivity contribution in [1.82, 2.24) is 10.2 Å². The maximum atomic E-state index is 5.74. The van der Waals surface area contributed by atoms with Crippen LogP contribution in [0.2, 0.25) is 0 Å². The molecule has 2 rings (SSSR count). The van der Waals surface area contributed by atoms with E-state index in [-0.39, 0.29) is 0 Å². The van der Waals surface area contributed by atoms with Crippen LogP contribution < -0.4 is 5.32 Å². The quantitative estimate of drug-likeness (QED) is 0.720. The van der Waals surface area contributed by atoms with Gasteiger partial charge in [-0.3, -0.25) is 4.90 Å². The van der Waals surface area contributed by atoms with Gasteiger partial charge >= 0.3 is 0 Å². The van der Waals surface area contributed by atoms with Gasteiger partial charge in [0.25, 0.3) is 0 Å². The van der Waals surface area contributed by atoms with Crippen LogP contribution in [0.15, 0.2) is 0 Å². The highest BCUT2D eigenvalue weighted by Gasteiger charge is 2.27. The lowest BCUT2D eigenvalue weighted by Gasteiger charge is -2.37. The molecule has 1 unspecified atom stereocenters. The molecule has 0 aromatic rings. The van der Waals surface area contributed by atoms with Gasteiger partial charge in [0.15, 0.2) is 0 Å². The maximum Gasteiger partial charge on any atom is 0.0599 e. The molecule has 0 radical (unpaired) electrons. The van der Waals surface area contributed by atoms with Crippen LogP contribution in [-0.4, -0.2) is 49.3 Å². The minimum atomic E-state index is 0.518. The van der Waals surface area contributed by atoms with Gasteiger partial charge in [0, 0.05) is 38.3 Å². The average molecular weight is 254 g/mol. The SMILES string of the molecule is CCCC(CNC1CC1)N1CCC(OCC)CC1. The monoisotopic (exact) mass is 254 g/mol. The van der Waals surface area contributed by atoms with E-state index in [1.54, 1.807) is 0 Å². The minimum Gasteiger partial charge on any atom is -0.378 e. The van der Waals surface area contributed by atoms with Crippen LogP contribution in [0.3, 0.4) is 0 Å². The standard InChI is InChI=1S/C15H30N2O/c1-3-5-14(12-16-13-6-7-13)17-10-8-15(9-11-17)18-4-2/h13-16H,3-12H2,1-2H3. The van der Waals surface area contributed by atoms with Crippen molar-refractivity contribution in [1.29, 1.82) is 0 Å². The highest BCUT2D eigenvalue weighted by atomic mass is 16.5. The Hall–Kier alpha value is -0.120. The van der Waals surface area contributed by atoms with Gasteiger partial charge in [-0.1, -0.05) is 13.3 Å². The molecular formula is C15H30N2O. The molecular weight excluding hydrogens is 224 g/mol. The molecule has 106 valence electrons. The first kappa shape index (κ1) is 14.3. The summed E-state index contributed by atoms with van der Waals surface area (Å²) in [5.41, 5.74) is 0. The van der Waals surface area contributed by atoms with E-state index >= 15 is 0 Å². The Labute approximate surface area is 112 Å². The first-order valence-corrected chi connectivity index (χ1v) is 7.92. The Morgan fingerprint density at radius 3 is 2.44 bits per heavy atom. The third-order valence-electron chi connectivity index (χ3n) is 4.24. The first-order valence-electron chi connectivity index (χ1n) is 7.92. The summed E-state index contributed by atoms with van der Waals surface area (Å²) in [5, 5.41) is 3.70. The number of rotatable bonds is 8. The Bertz CT molecular complexity index is 223. The average Bonchev–Trinajstić information content (AvgIpc) is 3.20. The fraction of sp³-hybridized carbons (Fsp3) is 1.00. The van der Waals surface area contributed by atoms with Crippen molar-refractivity contribution in [3.8, 4) is 0 Å². The lowest BCUT2D eigenvalue weighted by molar-refractivity contribution is 0.00295. The molecule has 0 amide bonds. The molecule has 2 fully saturated rings. The van der Waals surface area contributed by atoms with E-state index in [2.05, 4.69) is 24.1 Å². The van der Waals surface area contributed by atoms with Crippen LogP contribution >= 0.6 is 0 Å². The zero-order chi connectivity index (χ0) is 12.8. The number of ether oxygens (including phenoxy) is 1. The molecule has 1 heterocycles. The lowest BCUT2D eigenvalue weighted by atomic mass is 10.0. The minimum absolute atomic E-state index is 0.518. The van der Waals surface area contributed by atoms with Gasteiger partial charge in [0.1, 0.15) is 0 Å². The summed E-state index contributed by atoms with van der Waals surface area (Å²) in [5.74, 6) is 0. The summed E-state index contributed by atoms with van der Waals surface area (Å²) >= 11 is 0. The zero-order valence-electron chi connectivity index (χ0n) is 12.2. The molecule has 0 spiro atoms. The predicted molar refractivity (Wildman–Crippen MR) is 75.9 cm³/mol. The van der Waals surface area contributed by atoms with Gasteiger partial charge in [-0.15, -0.1) is 0 Å². The van der Waals surface area contributed by atoms with E-state index in [1.165, 1.54) is 58.2 Å². The molecule has 1 aliphatic heterocycles. The second-order valence-electron chi connectivity index (χ2n) is 5.82. The third-order valence-corrected chi connectivity index (χ3v) is 4.24. The van der Waals surface area contributed by atoms with Gasteiger partial charge in [0.05, 0.1) is 6.10 Å². The van der Waals surface area contributed by atoms with Gasteiger partial charge in [0.2, 0.25) is 0 Å². The molecule has 1 N–H and O–H groups in total. The smallest absolute Gasteiger partial charge is 0.0599 e. The van der Waals surface area contributed by atoms with Crippen molar-refractivity contribution in [2.45, 2.75) is 70.6 Å². The van der Waals surface area contributed by atoms with Crippen LogP contribution in [0.5, 0.6) is 0 Å². The molecule has 1 saturated carbocycles. The Balaban J connectivity index is 1.72. The molecule has 1 atom stereocenters. The van der Waals surface area contributed by atoms with Crippen molar-refractivity contribution >= 4 is 0 Å². The largest absolute Gasteiger partial charge is 0.378 e. The highest BCUT2D eigenvalue weighted by molar-refractivity contribution is 4.85. The van der Waals surface area contributed by atoms with Gasteiger partial charge < -0.3 is 10.1 Å². The first-order chi connectivity index (χ1) is 8.83. The number of hydrogen-bond acceptors (Lipinski definition) is 3. The van der Waals surface area contributed by atoms with Crippen molar-refractivity contribution < 1.29 is 4.74 Å². The number of hydrogen-bond donors (Lipinski definition) is 1. The lowest BCUT2D eigenvalue weighted by Crippen LogP contribution is -2.47. The van der Waals surface area contributed by atoms with E-state index in [0.29, 0.717) is 6.10 Å². The van der Waals surface area contributed by atoms with Gasteiger partial charge in [-0.05, 0) is 39.0 Å². The normalized spacial score (nSPS) is 24.3. The molecule has 2 aliphatic rings. The number of piperidine rings is 1. The third kappa shape index (κ3) is 4.52. The highest BCUT2D eigenvalue weighted by Crippen LogP contribution is 2.21. The van der Waals surface area contributed by atoms with Crippen LogP contribution in [0.1, 0.15) is 52.4 Å². The van der Waals surface area contributed by atoms with Crippen LogP contribution in [-0.2, 0) is 4.74 Å². The summed E-state index contributed by atoms with van der Waals surface area (Å²) in [6.45, 7) is 8.91. The Morgan fingerprint density at radius 1 is 1.17 bits per heavy atom. The molecule has 1 aliphatic carbocycles. The second-order valence-corrected chi connectivity index (χ2v) is 5.82. The predicted octanol–water partition coefficient (Wildman–Crippen LogP) is 2.41. The number of nitrogens with one attached hydrogen (secondary N) is 1. The zero-order valence-corrected chi connectivity index (χ0v) is 12.2. The molecule has 18 heavy (non-hydrogen) atoms. The molecule has 0 aromatic heterocycles. The number of likely N-dealkylation sites (tertiary alicyclic amines) is 1. The van der Waals surface area contributed by atoms with E-state index in [1.807, 2.05) is 0 Å². The molecule has 3 nitrogen and oxygen atoms in total. The molecule has 1 saturated heterocycles. The van der Waals surface area contributed by atoms with E-state index < -0.39 is 0 Å². The van der Waals surface area contributed by atoms with Crippen LogP contribution in [0.25, 0.3) is 0 Å². The summed E-state index contributed by atoms with van der Waals surface area (Å²) < 4.78 is 5.74. The Kier molecular flexibility index (Phi) is 5.93. The fourth-order valence-corrected chi connectivity index (χ4v) is 2.98. The van der Waals surface area contributed by atoms with E-state index in [0.717, 1.165) is 18.7 Å². The summed E-state index contributed by atoms with van der Waals surface area (Å²) in [4.78, 5) is 2.69. The van der Waals surface area contributed by atoms with Crippen LogP contribution in [0.4, 0.5) is 0 Å². The molecule has 3 heteroatoms. The van der Waals surface area contributed by atoms with Crippen LogP contribution in [0, 0.1) is 0 Å².